The van der Waals surface area contributed by atoms with Crippen molar-refractivity contribution in [2.45, 2.75) is 38.8 Å². The molecule has 0 unspecified atom stereocenters. The molecule has 1 fully saturated rings. The Kier molecular flexibility index (Phi) is 7.17. The maximum absolute atomic E-state index is 13.8. The number of aromatic nitrogens is 2. The molecule has 0 saturated carbocycles. The largest absolute Gasteiger partial charge is 0.508 e. The quantitative estimate of drug-likeness (QED) is 0.270. The number of carbonyl (C=O) groups excluding carboxylic acids is 1. The van der Waals surface area contributed by atoms with E-state index in [1.165, 1.54) is 36.6 Å². The van der Waals surface area contributed by atoms with Gasteiger partial charge in [0.25, 0.3) is 5.91 Å². The van der Waals surface area contributed by atoms with Gasteiger partial charge in [-0.15, -0.1) is 0 Å². The first-order chi connectivity index (χ1) is 19.4. The van der Waals surface area contributed by atoms with Gasteiger partial charge < -0.3 is 20.4 Å². The van der Waals surface area contributed by atoms with Crippen molar-refractivity contribution >= 4 is 17.5 Å². The standard InChI is InChI=1S/C32H31ClN4O3/c1-19-17-35-32(33)36-29(19)22-3-5-23(6-4-22)30-26-8-2-21(14-20-10-12-34-13-11-20)15-24(26)18-37(30)31(40)27-9-7-25(38)16-28(27)39/h2-9,15-17,20,30,34,38-39H,10-14,18H2,1H3/t30-/m0/s1. The Morgan fingerprint density at radius 2 is 1.82 bits per heavy atom. The topological polar surface area (TPSA) is 98.6 Å². The summed E-state index contributed by atoms with van der Waals surface area (Å²) >= 11 is 6.06. The number of phenolic OH excluding ortho intramolecular Hbond substituents is 2. The number of benzene rings is 3. The Morgan fingerprint density at radius 1 is 1.05 bits per heavy atom. The van der Waals surface area contributed by atoms with Gasteiger partial charge in [-0.3, -0.25) is 4.79 Å². The van der Waals surface area contributed by atoms with Crippen molar-refractivity contribution < 1.29 is 15.0 Å². The molecule has 0 bridgehead atoms. The molecule has 2 aliphatic rings. The third kappa shape index (κ3) is 5.15. The fraction of sp³-hybridized carbons (Fsp3) is 0.281. The lowest BCUT2D eigenvalue weighted by atomic mass is 9.89. The van der Waals surface area contributed by atoms with Gasteiger partial charge in [0.05, 0.1) is 17.3 Å². The van der Waals surface area contributed by atoms with E-state index in [0.29, 0.717) is 12.5 Å². The van der Waals surface area contributed by atoms with Crippen LogP contribution in [0.5, 0.6) is 11.5 Å². The number of nitrogens with one attached hydrogen (secondary N) is 1. The first-order valence-electron chi connectivity index (χ1n) is 13.6. The summed E-state index contributed by atoms with van der Waals surface area (Å²) in [5.41, 5.74) is 7.20. The highest BCUT2D eigenvalue weighted by Crippen LogP contribution is 2.42. The molecule has 3 aromatic carbocycles. The molecule has 1 aromatic heterocycles. The normalized spacial score (nSPS) is 17.1. The fourth-order valence-corrected chi connectivity index (χ4v) is 6.13. The van der Waals surface area contributed by atoms with Crippen molar-refractivity contribution in [3.63, 3.8) is 0 Å². The second kappa shape index (κ2) is 10.9. The van der Waals surface area contributed by atoms with Gasteiger partial charge in [0.15, 0.2) is 0 Å². The Hall–Kier alpha value is -3.94. The molecule has 7 nitrogen and oxygen atoms in total. The summed E-state index contributed by atoms with van der Waals surface area (Å²) in [6, 6.07) is 18.4. The minimum absolute atomic E-state index is 0.0893. The number of halogens is 1. The van der Waals surface area contributed by atoms with Crippen LogP contribution in [0.1, 0.15) is 57.1 Å². The molecule has 1 amide bonds. The molecular formula is C32H31ClN4O3. The molecule has 3 N–H and O–H groups in total. The number of amides is 1. The maximum Gasteiger partial charge on any atom is 0.258 e. The average molecular weight is 555 g/mol. The summed E-state index contributed by atoms with van der Waals surface area (Å²) < 4.78 is 0. The Bertz CT molecular complexity index is 1570. The summed E-state index contributed by atoms with van der Waals surface area (Å²) in [6.07, 6.45) is 5.08. The molecule has 6 rings (SSSR count). The third-order valence-electron chi connectivity index (χ3n) is 8.05. The number of aromatic hydroxyl groups is 2. The first kappa shape index (κ1) is 26.3. The lowest BCUT2D eigenvalue weighted by Crippen LogP contribution is -2.30. The van der Waals surface area contributed by atoms with Gasteiger partial charge in [0.1, 0.15) is 11.5 Å². The van der Waals surface area contributed by atoms with E-state index in [1.54, 1.807) is 11.1 Å². The van der Waals surface area contributed by atoms with Crippen LogP contribution in [-0.4, -0.2) is 44.1 Å². The number of rotatable bonds is 5. The van der Waals surface area contributed by atoms with Crippen LogP contribution in [0.15, 0.2) is 66.9 Å². The minimum atomic E-state index is -0.326. The number of hydrogen-bond acceptors (Lipinski definition) is 6. The van der Waals surface area contributed by atoms with Gasteiger partial charge in [-0.1, -0.05) is 42.5 Å². The summed E-state index contributed by atoms with van der Waals surface area (Å²) in [7, 11) is 0. The molecule has 1 atom stereocenters. The van der Waals surface area contributed by atoms with E-state index in [2.05, 4.69) is 33.5 Å². The van der Waals surface area contributed by atoms with Crippen LogP contribution in [0.4, 0.5) is 0 Å². The van der Waals surface area contributed by atoms with Gasteiger partial charge in [-0.2, -0.15) is 0 Å². The van der Waals surface area contributed by atoms with Crippen molar-refractivity contribution in [2.24, 2.45) is 5.92 Å². The van der Waals surface area contributed by atoms with Crippen LogP contribution >= 0.6 is 11.6 Å². The number of hydrogen-bond donors (Lipinski definition) is 3. The predicted molar refractivity (Wildman–Crippen MR) is 154 cm³/mol. The molecule has 0 spiro atoms. The second-order valence-electron chi connectivity index (χ2n) is 10.8. The van der Waals surface area contributed by atoms with Gasteiger partial charge in [0.2, 0.25) is 5.28 Å². The Morgan fingerprint density at radius 3 is 2.58 bits per heavy atom. The van der Waals surface area contributed by atoms with Crippen LogP contribution in [0, 0.1) is 12.8 Å². The SMILES string of the molecule is Cc1cnc(Cl)nc1-c1ccc([C@H]2c3ccc(CC4CCNCC4)cc3CN2C(=O)c2ccc(O)cc2O)cc1. The van der Waals surface area contributed by atoms with Crippen LogP contribution in [0.2, 0.25) is 5.28 Å². The fourth-order valence-electron chi connectivity index (χ4n) is 5.99. The molecule has 1 saturated heterocycles. The number of carbonyl (C=O) groups is 1. The van der Waals surface area contributed by atoms with Gasteiger partial charge >= 0.3 is 0 Å². The number of aryl methyl sites for hydroxylation is 1. The van der Waals surface area contributed by atoms with Crippen molar-refractivity contribution in [3.05, 3.63) is 106 Å². The van der Waals surface area contributed by atoms with Gasteiger partial charge in [-0.25, -0.2) is 9.97 Å². The summed E-state index contributed by atoms with van der Waals surface area (Å²) in [6.45, 7) is 4.50. The van der Waals surface area contributed by atoms with E-state index >= 15 is 0 Å². The van der Waals surface area contributed by atoms with Crippen LogP contribution < -0.4 is 5.32 Å². The second-order valence-corrected chi connectivity index (χ2v) is 11.1. The van der Waals surface area contributed by atoms with E-state index < -0.39 is 0 Å². The van der Waals surface area contributed by atoms with Crippen molar-refractivity contribution in [1.82, 2.24) is 20.2 Å². The van der Waals surface area contributed by atoms with E-state index in [1.807, 2.05) is 31.2 Å². The van der Waals surface area contributed by atoms with E-state index in [4.69, 9.17) is 11.6 Å². The van der Waals surface area contributed by atoms with Crippen LogP contribution in [0.25, 0.3) is 11.3 Å². The number of phenols is 2. The minimum Gasteiger partial charge on any atom is -0.508 e. The van der Waals surface area contributed by atoms with Crippen molar-refractivity contribution in [2.75, 3.05) is 13.1 Å². The zero-order valence-corrected chi connectivity index (χ0v) is 23.0. The first-order valence-corrected chi connectivity index (χ1v) is 14.0. The van der Waals surface area contributed by atoms with E-state index in [0.717, 1.165) is 53.0 Å². The molecule has 0 radical (unpaired) electrons. The Balaban J connectivity index is 1.36. The molecule has 8 heteroatoms. The molecule has 2 aliphatic heterocycles. The molecule has 204 valence electrons. The molecule has 3 heterocycles. The monoisotopic (exact) mass is 554 g/mol. The van der Waals surface area contributed by atoms with E-state index in [-0.39, 0.29) is 34.3 Å². The highest BCUT2D eigenvalue weighted by atomic mass is 35.5. The molecule has 40 heavy (non-hydrogen) atoms. The number of piperidine rings is 1. The molecule has 0 aliphatic carbocycles. The lowest BCUT2D eigenvalue weighted by molar-refractivity contribution is 0.0715. The summed E-state index contributed by atoms with van der Waals surface area (Å²) in [5, 5.41) is 23.9. The van der Waals surface area contributed by atoms with Gasteiger partial charge in [-0.05, 0) is 96.7 Å². The van der Waals surface area contributed by atoms with Crippen LogP contribution in [-0.2, 0) is 13.0 Å². The van der Waals surface area contributed by atoms with Gasteiger partial charge in [0, 0.05) is 24.4 Å². The lowest BCUT2D eigenvalue weighted by Gasteiger charge is -2.26. The zero-order valence-electron chi connectivity index (χ0n) is 22.3. The molecular weight excluding hydrogens is 524 g/mol. The van der Waals surface area contributed by atoms with Crippen LogP contribution in [0.3, 0.4) is 0 Å². The number of fused-ring (bicyclic) bond motifs is 1. The number of nitrogens with zero attached hydrogens (tertiary/aromatic N) is 3. The summed E-state index contributed by atoms with van der Waals surface area (Å²) in [5.74, 6) is 0.0434. The van der Waals surface area contributed by atoms with Crippen molar-refractivity contribution in [1.29, 1.82) is 0 Å². The Labute approximate surface area is 238 Å². The molecule has 4 aromatic rings. The highest BCUT2D eigenvalue weighted by molar-refractivity contribution is 6.28. The average Bonchev–Trinajstić information content (AvgIpc) is 3.33. The summed E-state index contributed by atoms with van der Waals surface area (Å²) in [4.78, 5) is 24.1. The predicted octanol–water partition coefficient (Wildman–Crippen LogP) is 5.80. The third-order valence-corrected chi connectivity index (χ3v) is 8.23. The maximum atomic E-state index is 13.8. The smallest absolute Gasteiger partial charge is 0.258 e. The van der Waals surface area contributed by atoms with E-state index in [9.17, 15) is 15.0 Å². The highest BCUT2D eigenvalue weighted by Gasteiger charge is 2.36. The van der Waals surface area contributed by atoms with Crippen molar-refractivity contribution in [3.8, 4) is 22.8 Å². The zero-order chi connectivity index (χ0) is 27.8.